The first-order valence-electron chi connectivity index (χ1n) is 7.52. The van der Waals surface area contributed by atoms with Crippen molar-refractivity contribution in [3.05, 3.63) is 53.7 Å². The number of anilines is 1. The molecule has 0 aliphatic carbocycles. The van der Waals surface area contributed by atoms with E-state index >= 15 is 0 Å². The monoisotopic (exact) mass is 322 g/mol. The molecule has 0 spiro atoms. The minimum absolute atomic E-state index is 0.308. The number of carbonyl (C=O) groups excluding carboxylic acids is 1. The van der Waals surface area contributed by atoms with Crippen molar-refractivity contribution in [2.24, 2.45) is 0 Å². The van der Waals surface area contributed by atoms with Gasteiger partial charge in [-0.25, -0.2) is 9.67 Å². The Hall–Kier alpha value is -3.15. The molecule has 6 nitrogen and oxygen atoms in total. The van der Waals surface area contributed by atoms with Gasteiger partial charge in [0.25, 0.3) is 0 Å². The number of pyridine rings is 1. The number of hydrogen-bond donors (Lipinski definition) is 1. The fourth-order valence-electron chi connectivity index (χ4n) is 2.67. The topological polar surface area (TPSA) is 69.0 Å². The molecular formula is C18H18N4O2. The largest absolute Gasteiger partial charge is 0.480 e. The summed E-state index contributed by atoms with van der Waals surface area (Å²) in [4.78, 5) is 15.4. The number of benzene rings is 1. The molecule has 2 heterocycles. The highest BCUT2D eigenvalue weighted by atomic mass is 16.5. The van der Waals surface area contributed by atoms with Crippen molar-refractivity contribution >= 4 is 12.1 Å². The van der Waals surface area contributed by atoms with Gasteiger partial charge in [-0.3, -0.25) is 4.79 Å². The molecule has 2 aromatic heterocycles. The van der Waals surface area contributed by atoms with Crippen LogP contribution in [0, 0.1) is 6.92 Å². The summed E-state index contributed by atoms with van der Waals surface area (Å²) in [5.74, 6) is 1.20. The average Bonchev–Trinajstić information content (AvgIpc) is 2.98. The summed E-state index contributed by atoms with van der Waals surface area (Å²) in [5, 5.41) is 7.90. The van der Waals surface area contributed by atoms with E-state index in [9.17, 15) is 4.79 Å². The predicted octanol–water partition coefficient (Wildman–Crippen LogP) is 3.11. The first kappa shape index (κ1) is 15.7. The van der Waals surface area contributed by atoms with Crippen molar-refractivity contribution in [3.63, 3.8) is 0 Å². The Balaban J connectivity index is 2.16. The third kappa shape index (κ3) is 2.62. The summed E-state index contributed by atoms with van der Waals surface area (Å²) < 4.78 is 6.94. The summed E-state index contributed by atoms with van der Waals surface area (Å²) in [7, 11) is 3.35. The molecule has 24 heavy (non-hydrogen) atoms. The van der Waals surface area contributed by atoms with Gasteiger partial charge in [0, 0.05) is 24.4 Å². The molecule has 0 radical (unpaired) electrons. The number of aromatic nitrogens is 3. The van der Waals surface area contributed by atoms with Gasteiger partial charge >= 0.3 is 0 Å². The van der Waals surface area contributed by atoms with Gasteiger partial charge in [0.05, 0.1) is 24.1 Å². The van der Waals surface area contributed by atoms with Crippen LogP contribution in [0.15, 0.2) is 42.6 Å². The molecule has 122 valence electrons. The van der Waals surface area contributed by atoms with E-state index in [1.165, 1.54) is 7.11 Å². The second-order valence-corrected chi connectivity index (χ2v) is 5.26. The molecule has 0 atom stereocenters. The number of rotatable bonds is 5. The minimum Gasteiger partial charge on any atom is -0.480 e. The summed E-state index contributed by atoms with van der Waals surface area (Å²) in [6, 6.07) is 11.6. The molecule has 0 bridgehead atoms. The second kappa shape index (κ2) is 6.54. The maximum absolute atomic E-state index is 11.2. The summed E-state index contributed by atoms with van der Waals surface area (Å²) in [6.45, 7) is 1.98. The van der Waals surface area contributed by atoms with Gasteiger partial charge in [-0.05, 0) is 25.1 Å². The molecule has 6 heteroatoms. The first-order valence-corrected chi connectivity index (χ1v) is 7.52. The zero-order chi connectivity index (χ0) is 17.1. The van der Waals surface area contributed by atoms with Crippen LogP contribution in [0.4, 0.5) is 5.82 Å². The van der Waals surface area contributed by atoms with Crippen LogP contribution in [0.1, 0.15) is 15.9 Å². The van der Waals surface area contributed by atoms with Gasteiger partial charge in [0.15, 0.2) is 6.29 Å². The van der Waals surface area contributed by atoms with E-state index in [2.05, 4.69) is 10.3 Å². The summed E-state index contributed by atoms with van der Waals surface area (Å²) in [6.07, 6.45) is 2.40. The van der Waals surface area contributed by atoms with Crippen molar-refractivity contribution in [2.75, 3.05) is 19.5 Å². The molecule has 0 saturated carbocycles. The Bertz CT molecular complexity index is 872. The lowest BCUT2D eigenvalue weighted by atomic mass is 10.1. The molecule has 0 saturated heterocycles. The molecule has 0 aliphatic heterocycles. The second-order valence-electron chi connectivity index (χ2n) is 5.26. The van der Waals surface area contributed by atoms with Gasteiger partial charge in [0.2, 0.25) is 5.88 Å². The molecule has 0 unspecified atom stereocenters. The number of methoxy groups -OCH3 is 1. The number of nitrogens with zero attached hydrogens (tertiary/aromatic N) is 3. The van der Waals surface area contributed by atoms with Gasteiger partial charge in [-0.15, -0.1) is 0 Å². The minimum atomic E-state index is 0.308. The van der Waals surface area contributed by atoms with E-state index < -0.39 is 0 Å². The van der Waals surface area contributed by atoms with E-state index in [0.717, 1.165) is 34.6 Å². The van der Waals surface area contributed by atoms with Crippen LogP contribution in [0.25, 0.3) is 16.9 Å². The van der Waals surface area contributed by atoms with Crippen molar-refractivity contribution in [3.8, 4) is 22.8 Å². The van der Waals surface area contributed by atoms with Crippen molar-refractivity contribution in [1.82, 2.24) is 14.8 Å². The molecule has 3 aromatic rings. The van der Waals surface area contributed by atoms with Crippen molar-refractivity contribution in [2.45, 2.75) is 6.92 Å². The Morgan fingerprint density at radius 3 is 2.62 bits per heavy atom. The first-order chi connectivity index (χ1) is 11.7. The van der Waals surface area contributed by atoms with Crippen LogP contribution in [0.3, 0.4) is 0 Å². The molecule has 3 rings (SSSR count). The molecule has 0 aliphatic rings. The number of ether oxygens (including phenoxy) is 1. The standard InChI is InChI=1S/C18H18N4O2/c1-12-16(13-9-14(11-23)18(24-3)20-10-13)21-22(17(12)19-2)15-7-5-4-6-8-15/h4-11,19H,1-3H3. The lowest BCUT2D eigenvalue weighted by Crippen LogP contribution is -2.02. The Kier molecular flexibility index (Phi) is 4.29. The SMILES string of the molecule is CNc1c(C)c(-c2cnc(OC)c(C=O)c2)nn1-c1ccccc1. The predicted molar refractivity (Wildman–Crippen MR) is 93.0 cm³/mol. The maximum Gasteiger partial charge on any atom is 0.223 e. The lowest BCUT2D eigenvalue weighted by Gasteiger charge is -2.06. The Labute approximate surface area is 140 Å². The van der Waals surface area contributed by atoms with E-state index in [1.807, 2.05) is 49.0 Å². The van der Waals surface area contributed by atoms with Gasteiger partial charge in [-0.1, -0.05) is 18.2 Å². The molecular weight excluding hydrogens is 304 g/mol. The number of para-hydroxylation sites is 1. The molecule has 1 N–H and O–H groups in total. The van der Waals surface area contributed by atoms with Gasteiger partial charge < -0.3 is 10.1 Å². The van der Waals surface area contributed by atoms with Crippen LogP contribution >= 0.6 is 0 Å². The third-order valence-corrected chi connectivity index (χ3v) is 3.83. The van der Waals surface area contributed by atoms with E-state index in [0.29, 0.717) is 11.4 Å². The van der Waals surface area contributed by atoms with Crippen LogP contribution in [0.5, 0.6) is 5.88 Å². The highest BCUT2D eigenvalue weighted by molar-refractivity contribution is 5.82. The third-order valence-electron chi connectivity index (χ3n) is 3.83. The van der Waals surface area contributed by atoms with E-state index in [1.54, 1.807) is 12.3 Å². The normalized spacial score (nSPS) is 10.5. The van der Waals surface area contributed by atoms with Crippen LogP contribution < -0.4 is 10.1 Å². The number of aldehydes is 1. The molecule has 0 fully saturated rings. The Morgan fingerprint density at radius 1 is 1.25 bits per heavy atom. The van der Waals surface area contributed by atoms with E-state index in [-0.39, 0.29) is 0 Å². The zero-order valence-corrected chi connectivity index (χ0v) is 13.8. The number of carbonyl (C=O) groups is 1. The summed E-state index contributed by atoms with van der Waals surface area (Å²) in [5.41, 5.74) is 3.86. The van der Waals surface area contributed by atoms with Crippen LogP contribution in [-0.4, -0.2) is 35.2 Å². The van der Waals surface area contributed by atoms with Crippen LogP contribution in [-0.2, 0) is 0 Å². The zero-order valence-electron chi connectivity index (χ0n) is 13.8. The van der Waals surface area contributed by atoms with Crippen molar-refractivity contribution in [1.29, 1.82) is 0 Å². The fraction of sp³-hybridized carbons (Fsp3) is 0.167. The number of nitrogens with one attached hydrogen (secondary N) is 1. The summed E-state index contributed by atoms with van der Waals surface area (Å²) >= 11 is 0. The maximum atomic E-state index is 11.2. The highest BCUT2D eigenvalue weighted by Gasteiger charge is 2.17. The number of hydrogen-bond acceptors (Lipinski definition) is 5. The quantitative estimate of drug-likeness (QED) is 0.731. The molecule has 1 aromatic carbocycles. The average molecular weight is 322 g/mol. The van der Waals surface area contributed by atoms with Gasteiger partial charge in [0.1, 0.15) is 5.82 Å². The van der Waals surface area contributed by atoms with Crippen LogP contribution in [0.2, 0.25) is 0 Å². The Morgan fingerprint density at radius 2 is 2.00 bits per heavy atom. The van der Waals surface area contributed by atoms with Gasteiger partial charge in [-0.2, -0.15) is 5.10 Å². The molecule has 0 amide bonds. The fourth-order valence-corrected chi connectivity index (χ4v) is 2.67. The highest BCUT2D eigenvalue weighted by Crippen LogP contribution is 2.31. The van der Waals surface area contributed by atoms with Crippen molar-refractivity contribution < 1.29 is 9.53 Å². The lowest BCUT2D eigenvalue weighted by molar-refractivity contribution is 0.112. The van der Waals surface area contributed by atoms with E-state index in [4.69, 9.17) is 9.84 Å². The smallest absolute Gasteiger partial charge is 0.223 e.